The minimum Gasteiger partial charge on any atom is -0.309 e. The number of benzene rings is 1. The average Bonchev–Trinajstić information content (AvgIpc) is 2.34. The molecular weight excluding hydrogens is 230 g/mol. The molecule has 0 aromatic heterocycles. The normalized spacial score (nSPS) is 25.7. The van der Waals surface area contributed by atoms with Gasteiger partial charge in [0, 0.05) is 6.04 Å². The first-order valence-corrected chi connectivity index (χ1v) is 7.98. The lowest BCUT2D eigenvalue weighted by atomic mass is 9.70. The van der Waals surface area contributed by atoms with Gasteiger partial charge in [-0.3, -0.25) is 0 Å². The molecule has 1 atom stereocenters. The third-order valence-corrected chi connectivity index (χ3v) is 5.31. The van der Waals surface area contributed by atoms with E-state index in [0.717, 1.165) is 5.92 Å². The van der Waals surface area contributed by atoms with E-state index in [4.69, 9.17) is 0 Å². The van der Waals surface area contributed by atoms with Crippen LogP contribution in [0.25, 0.3) is 0 Å². The van der Waals surface area contributed by atoms with E-state index in [-0.39, 0.29) is 0 Å². The fraction of sp³-hybridized carbons (Fsp3) is 0.667. The highest BCUT2D eigenvalue weighted by Crippen LogP contribution is 2.43. The molecule has 1 N–H and O–H groups in total. The van der Waals surface area contributed by atoms with Crippen LogP contribution >= 0.6 is 0 Å². The van der Waals surface area contributed by atoms with Crippen LogP contribution < -0.4 is 5.32 Å². The van der Waals surface area contributed by atoms with E-state index in [9.17, 15) is 0 Å². The van der Waals surface area contributed by atoms with Gasteiger partial charge in [0.25, 0.3) is 0 Å². The zero-order valence-electron chi connectivity index (χ0n) is 12.4. The third-order valence-electron chi connectivity index (χ3n) is 5.31. The Morgan fingerprint density at radius 3 is 2.74 bits per heavy atom. The number of nitrogens with one attached hydrogen (secondary N) is 1. The third kappa shape index (κ3) is 2.72. The van der Waals surface area contributed by atoms with Crippen molar-refractivity contribution in [1.82, 2.24) is 5.32 Å². The molecule has 1 aromatic rings. The summed E-state index contributed by atoms with van der Waals surface area (Å²) < 4.78 is 0. The van der Waals surface area contributed by atoms with Crippen LogP contribution in [0.15, 0.2) is 24.3 Å². The molecule has 0 spiro atoms. The monoisotopic (exact) mass is 257 g/mol. The SMILES string of the molecule is CC1(C)CCc2ccccc2C1NCCC1CCC1. The van der Waals surface area contributed by atoms with Crippen LogP contribution in [0.5, 0.6) is 0 Å². The second-order valence-electron chi connectivity index (χ2n) is 7.16. The first-order chi connectivity index (χ1) is 9.17. The number of hydrogen-bond donors (Lipinski definition) is 1. The lowest BCUT2D eigenvalue weighted by Crippen LogP contribution is -2.39. The standard InChI is InChI=1S/C18H27N/c1-18(2)12-10-15-8-3-4-9-16(15)17(18)19-13-11-14-6-5-7-14/h3-4,8-9,14,17,19H,5-7,10-13H2,1-2H3. The second kappa shape index (κ2) is 5.28. The van der Waals surface area contributed by atoms with Crippen LogP contribution in [0, 0.1) is 11.3 Å². The highest BCUT2D eigenvalue weighted by atomic mass is 14.9. The van der Waals surface area contributed by atoms with E-state index in [1.54, 1.807) is 11.1 Å². The summed E-state index contributed by atoms with van der Waals surface area (Å²) in [6, 6.07) is 9.56. The van der Waals surface area contributed by atoms with E-state index in [0.29, 0.717) is 11.5 Å². The van der Waals surface area contributed by atoms with Crippen molar-refractivity contribution in [3.05, 3.63) is 35.4 Å². The molecule has 104 valence electrons. The van der Waals surface area contributed by atoms with E-state index >= 15 is 0 Å². The molecule has 0 radical (unpaired) electrons. The Kier molecular flexibility index (Phi) is 3.66. The summed E-state index contributed by atoms with van der Waals surface area (Å²) in [5.74, 6) is 1.01. The number of aryl methyl sites for hydroxylation is 1. The molecule has 2 aliphatic rings. The summed E-state index contributed by atoms with van der Waals surface area (Å²) in [6.45, 7) is 6.03. The Morgan fingerprint density at radius 1 is 1.21 bits per heavy atom. The molecule has 1 saturated carbocycles. The van der Waals surface area contributed by atoms with Crippen molar-refractivity contribution in [3.63, 3.8) is 0 Å². The minimum atomic E-state index is 0.383. The van der Waals surface area contributed by atoms with Crippen molar-refractivity contribution in [2.75, 3.05) is 6.54 Å². The topological polar surface area (TPSA) is 12.0 Å². The van der Waals surface area contributed by atoms with Gasteiger partial charge in [0.05, 0.1) is 0 Å². The van der Waals surface area contributed by atoms with Crippen molar-refractivity contribution >= 4 is 0 Å². The second-order valence-corrected chi connectivity index (χ2v) is 7.16. The van der Waals surface area contributed by atoms with Crippen LogP contribution in [0.3, 0.4) is 0 Å². The molecule has 19 heavy (non-hydrogen) atoms. The zero-order valence-corrected chi connectivity index (χ0v) is 12.4. The van der Waals surface area contributed by atoms with Crippen molar-refractivity contribution < 1.29 is 0 Å². The number of fused-ring (bicyclic) bond motifs is 1. The van der Waals surface area contributed by atoms with Crippen molar-refractivity contribution in [1.29, 1.82) is 0 Å². The van der Waals surface area contributed by atoms with Gasteiger partial charge in [-0.1, -0.05) is 57.4 Å². The molecule has 1 aromatic carbocycles. The van der Waals surface area contributed by atoms with Crippen LogP contribution in [0.2, 0.25) is 0 Å². The van der Waals surface area contributed by atoms with Gasteiger partial charge < -0.3 is 5.32 Å². The Labute approximate surface area is 117 Å². The molecule has 1 heteroatoms. The van der Waals surface area contributed by atoms with E-state index in [1.807, 2.05) is 0 Å². The van der Waals surface area contributed by atoms with Gasteiger partial charge in [-0.15, -0.1) is 0 Å². The lowest BCUT2D eigenvalue weighted by molar-refractivity contribution is 0.199. The molecule has 1 unspecified atom stereocenters. The molecule has 1 nitrogen and oxygen atoms in total. The molecule has 0 saturated heterocycles. The maximum atomic E-state index is 3.87. The predicted molar refractivity (Wildman–Crippen MR) is 81.2 cm³/mol. The highest BCUT2D eigenvalue weighted by Gasteiger charge is 2.35. The van der Waals surface area contributed by atoms with Crippen LogP contribution in [0.4, 0.5) is 0 Å². The Balaban J connectivity index is 1.69. The number of rotatable bonds is 4. The first kappa shape index (κ1) is 13.2. The van der Waals surface area contributed by atoms with Gasteiger partial charge in [0.2, 0.25) is 0 Å². The van der Waals surface area contributed by atoms with E-state index in [1.165, 1.54) is 45.1 Å². The molecule has 2 aliphatic carbocycles. The van der Waals surface area contributed by atoms with Gasteiger partial charge >= 0.3 is 0 Å². The quantitative estimate of drug-likeness (QED) is 0.838. The fourth-order valence-electron chi connectivity index (χ4n) is 3.67. The molecule has 0 heterocycles. The van der Waals surface area contributed by atoms with Gasteiger partial charge in [-0.05, 0) is 48.3 Å². The summed E-state index contributed by atoms with van der Waals surface area (Å²) in [5.41, 5.74) is 3.49. The lowest BCUT2D eigenvalue weighted by Gasteiger charge is -2.41. The Bertz CT molecular complexity index is 431. The largest absolute Gasteiger partial charge is 0.309 e. The average molecular weight is 257 g/mol. The summed E-state index contributed by atoms with van der Waals surface area (Å²) in [7, 11) is 0. The Hall–Kier alpha value is -0.820. The predicted octanol–water partition coefficient (Wildman–Crippen LogP) is 4.48. The van der Waals surface area contributed by atoms with Crippen molar-refractivity contribution in [2.24, 2.45) is 11.3 Å². The minimum absolute atomic E-state index is 0.383. The van der Waals surface area contributed by atoms with Crippen LogP contribution in [-0.2, 0) is 6.42 Å². The van der Waals surface area contributed by atoms with Crippen molar-refractivity contribution in [2.45, 2.75) is 58.4 Å². The number of hydrogen-bond acceptors (Lipinski definition) is 1. The van der Waals surface area contributed by atoms with E-state index < -0.39 is 0 Å². The zero-order chi connectivity index (χ0) is 13.3. The summed E-state index contributed by atoms with van der Waals surface area (Å²) in [6.07, 6.45) is 8.30. The summed E-state index contributed by atoms with van der Waals surface area (Å²) in [5, 5.41) is 3.87. The van der Waals surface area contributed by atoms with Crippen molar-refractivity contribution in [3.8, 4) is 0 Å². The van der Waals surface area contributed by atoms with Gasteiger partial charge in [0.1, 0.15) is 0 Å². The smallest absolute Gasteiger partial charge is 0.0374 e. The fourth-order valence-corrected chi connectivity index (χ4v) is 3.67. The van der Waals surface area contributed by atoms with Gasteiger partial charge in [-0.25, -0.2) is 0 Å². The molecule has 3 rings (SSSR count). The van der Waals surface area contributed by atoms with Crippen LogP contribution in [0.1, 0.15) is 63.1 Å². The molecule has 1 fully saturated rings. The summed E-state index contributed by atoms with van der Waals surface area (Å²) >= 11 is 0. The molecule has 0 amide bonds. The highest BCUT2D eigenvalue weighted by molar-refractivity contribution is 5.34. The first-order valence-electron chi connectivity index (χ1n) is 7.98. The van der Waals surface area contributed by atoms with Gasteiger partial charge in [-0.2, -0.15) is 0 Å². The maximum absolute atomic E-state index is 3.87. The molecule has 0 aliphatic heterocycles. The Morgan fingerprint density at radius 2 is 2.00 bits per heavy atom. The summed E-state index contributed by atoms with van der Waals surface area (Å²) in [4.78, 5) is 0. The molecule has 0 bridgehead atoms. The molecular formula is C18H27N. The van der Waals surface area contributed by atoms with E-state index in [2.05, 4.69) is 43.4 Å². The van der Waals surface area contributed by atoms with Gasteiger partial charge in [0.15, 0.2) is 0 Å². The maximum Gasteiger partial charge on any atom is 0.0374 e. The van der Waals surface area contributed by atoms with Crippen LogP contribution in [-0.4, -0.2) is 6.54 Å².